The van der Waals surface area contributed by atoms with Crippen molar-refractivity contribution < 1.29 is 14.7 Å². The van der Waals surface area contributed by atoms with Gasteiger partial charge in [-0.3, -0.25) is 4.79 Å². The predicted octanol–water partition coefficient (Wildman–Crippen LogP) is 3.59. The van der Waals surface area contributed by atoms with Gasteiger partial charge in [0, 0.05) is 13.7 Å². The molecule has 21 heavy (non-hydrogen) atoms. The predicted molar refractivity (Wildman–Crippen MR) is 92.6 cm³/mol. The number of nitrogen functional groups attached to an aromatic ring is 1. The third-order valence-electron chi connectivity index (χ3n) is 2.70. The van der Waals surface area contributed by atoms with Crippen molar-refractivity contribution in [3.05, 3.63) is 55.6 Å². The van der Waals surface area contributed by atoms with E-state index in [1.54, 1.807) is 12.1 Å². The van der Waals surface area contributed by atoms with Crippen molar-refractivity contribution in [2.24, 2.45) is 0 Å². The summed E-state index contributed by atoms with van der Waals surface area (Å²) in [6.07, 6.45) is 0. The molecule has 2 aromatic rings. The summed E-state index contributed by atoms with van der Waals surface area (Å²) in [7, 11) is 0. The minimum absolute atomic E-state index is 0.0145. The molecule has 7 heteroatoms. The number of nitrogens with two attached hydrogens (primary N) is 1. The van der Waals surface area contributed by atoms with Gasteiger partial charge in [0.1, 0.15) is 0 Å². The van der Waals surface area contributed by atoms with E-state index in [0.717, 1.165) is 3.57 Å². The van der Waals surface area contributed by atoms with E-state index in [2.05, 4.69) is 43.8 Å². The molecule has 2 aromatic carbocycles. The Morgan fingerprint density at radius 1 is 1.14 bits per heavy atom. The van der Waals surface area contributed by atoms with E-state index in [1.165, 1.54) is 18.2 Å². The summed E-state index contributed by atoms with van der Waals surface area (Å²) < 4.78 is 1.52. The molecule has 0 aliphatic rings. The number of carbonyl (C=O) groups excluding carboxylic acids is 1. The smallest absolute Gasteiger partial charge is 0.337 e. The largest absolute Gasteiger partial charge is 0.478 e. The highest BCUT2D eigenvalue weighted by Gasteiger charge is 2.16. The zero-order valence-electron chi connectivity index (χ0n) is 10.6. The third kappa shape index (κ3) is 3.73. The SMILES string of the molecule is Nc1ccc(C(=O)O)c(NC(=O)c2cc(I)ccc2Br)c1. The van der Waals surface area contributed by atoms with Crippen molar-refractivity contribution >= 4 is 61.8 Å². The van der Waals surface area contributed by atoms with E-state index in [-0.39, 0.29) is 11.3 Å². The number of halogens is 2. The normalized spacial score (nSPS) is 10.2. The molecular weight excluding hydrogens is 451 g/mol. The van der Waals surface area contributed by atoms with Crippen LogP contribution < -0.4 is 11.1 Å². The fourth-order valence-electron chi connectivity index (χ4n) is 1.71. The lowest BCUT2D eigenvalue weighted by Crippen LogP contribution is -2.15. The van der Waals surface area contributed by atoms with Gasteiger partial charge in [0.2, 0.25) is 0 Å². The van der Waals surface area contributed by atoms with Crippen LogP contribution in [0.1, 0.15) is 20.7 Å². The van der Waals surface area contributed by atoms with E-state index in [0.29, 0.717) is 15.7 Å². The van der Waals surface area contributed by atoms with E-state index in [1.807, 2.05) is 6.07 Å². The van der Waals surface area contributed by atoms with Crippen LogP contribution in [0.5, 0.6) is 0 Å². The number of carbonyl (C=O) groups is 2. The van der Waals surface area contributed by atoms with Crippen molar-refractivity contribution in [3.8, 4) is 0 Å². The molecule has 4 N–H and O–H groups in total. The summed E-state index contributed by atoms with van der Waals surface area (Å²) >= 11 is 5.40. The van der Waals surface area contributed by atoms with E-state index in [9.17, 15) is 9.59 Å². The Morgan fingerprint density at radius 3 is 2.52 bits per heavy atom. The molecule has 0 saturated heterocycles. The maximum Gasteiger partial charge on any atom is 0.337 e. The summed E-state index contributed by atoms with van der Waals surface area (Å²) in [6, 6.07) is 9.56. The molecule has 1 amide bonds. The maximum absolute atomic E-state index is 12.3. The number of anilines is 2. The number of benzene rings is 2. The van der Waals surface area contributed by atoms with Gasteiger partial charge in [-0.05, 0) is 74.9 Å². The van der Waals surface area contributed by atoms with Gasteiger partial charge in [-0.2, -0.15) is 0 Å². The molecule has 5 nitrogen and oxygen atoms in total. The first-order chi connectivity index (χ1) is 9.88. The lowest BCUT2D eigenvalue weighted by Gasteiger charge is -2.10. The molecule has 0 aliphatic carbocycles. The maximum atomic E-state index is 12.3. The summed E-state index contributed by atoms with van der Waals surface area (Å²) in [4.78, 5) is 23.5. The molecule has 0 unspecified atom stereocenters. The lowest BCUT2D eigenvalue weighted by molar-refractivity contribution is 0.0698. The second-order valence-corrected chi connectivity index (χ2v) is 6.29. The summed E-state index contributed by atoms with van der Waals surface area (Å²) in [5, 5.41) is 11.7. The Kier molecular flexibility index (Phi) is 4.84. The summed E-state index contributed by atoms with van der Waals surface area (Å²) in [5.74, 6) is -1.54. The number of hydrogen-bond acceptors (Lipinski definition) is 3. The minimum atomic E-state index is -1.13. The number of carboxylic acids is 1. The Hall–Kier alpha value is -1.61. The number of hydrogen-bond donors (Lipinski definition) is 3. The molecule has 0 heterocycles. The number of aromatic carboxylic acids is 1. The third-order valence-corrected chi connectivity index (χ3v) is 4.06. The van der Waals surface area contributed by atoms with Gasteiger partial charge < -0.3 is 16.2 Å². The molecule has 0 spiro atoms. The van der Waals surface area contributed by atoms with Crippen LogP contribution in [-0.4, -0.2) is 17.0 Å². The minimum Gasteiger partial charge on any atom is -0.478 e. The molecule has 0 fully saturated rings. The van der Waals surface area contributed by atoms with Crippen molar-refractivity contribution in [2.75, 3.05) is 11.1 Å². The second-order valence-electron chi connectivity index (χ2n) is 4.19. The fourth-order valence-corrected chi connectivity index (χ4v) is 2.63. The standard InChI is InChI=1S/C14H10BrIN2O3/c15-11-4-1-7(16)5-10(11)13(19)18-12-6-8(17)2-3-9(12)14(20)21/h1-6H,17H2,(H,18,19)(H,20,21). The van der Waals surface area contributed by atoms with E-state index < -0.39 is 11.9 Å². The first-order valence-electron chi connectivity index (χ1n) is 5.77. The van der Waals surface area contributed by atoms with Crippen LogP contribution in [0.4, 0.5) is 11.4 Å². The highest BCUT2D eigenvalue weighted by molar-refractivity contribution is 14.1. The van der Waals surface area contributed by atoms with Crippen LogP contribution in [0, 0.1) is 3.57 Å². The molecule has 0 aromatic heterocycles. The van der Waals surface area contributed by atoms with Gasteiger partial charge in [0.15, 0.2) is 0 Å². The molecule has 0 aliphatic heterocycles. The topological polar surface area (TPSA) is 92.4 Å². The Balaban J connectivity index is 2.38. The van der Waals surface area contributed by atoms with Crippen molar-refractivity contribution in [1.29, 1.82) is 0 Å². The van der Waals surface area contributed by atoms with Crippen molar-refractivity contribution in [1.82, 2.24) is 0 Å². The first-order valence-corrected chi connectivity index (χ1v) is 7.65. The molecule has 0 saturated carbocycles. The van der Waals surface area contributed by atoms with Crippen molar-refractivity contribution in [2.45, 2.75) is 0 Å². The van der Waals surface area contributed by atoms with Gasteiger partial charge in [0.05, 0.1) is 16.8 Å². The average molecular weight is 461 g/mol. The average Bonchev–Trinajstić information content (AvgIpc) is 2.41. The summed E-state index contributed by atoms with van der Waals surface area (Å²) in [5.41, 5.74) is 6.58. The first kappa shape index (κ1) is 15.8. The second kappa shape index (κ2) is 6.44. The zero-order valence-corrected chi connectivity index (χ0v) is 14.3. The molecule has 0 atom stereocenters. The molecule has 2 rings (SSSR count). The highest BCUT2D eigenvalue weighted by atomic mass is 127. The number of amides is 1. The van der Waals surface area contributed by atoms with Gasteiger partial charge in [-0.1, -0.05) is 0 Å². The Bertz CT molecular complexity index is 734. The van der Waals surface area contributed by atoms with Gasteiger partial charge in [-0.15, -0.1) is 0 Å². The van der Waals surface area contributed by atoms with Crippen LogP contribution in [0.15, 0.2) is 40.9 Å². The monoisotopic (exact) mass is 460 g/mol. The molecule has 0 radical (unpaired) electrons. The summed E-state index contributed by atoms with van der Waals surface area (Å²) in [6.45, 7) is 0. The van der Waals surface area contributed by atoms with E-state index >= 15 is 0 Å². The van der Waals surface area contributed by atoms with Crippen LogP contribution in [0.2, 0.25) is 0 Å². The number of nitrogens with one attached hydrogen (secondary N) is 1. The molecule has 108 valence electrons. The van der Waals surface area contributed by atoms with E-state index in [4.69, 9.17) is 10.8 Å². The van der Waals surface area contributed by atoms with Crippen molar-refractivity contribution in [3.63, 3.8) is 0 Å². The Labute approximate surface area is 142 Å². The Morgan fingerprint density at radius 2 is 1.86 bits per heavy atom. The van der Waals surface area contributed by atoms with Gasteiger partial charge >= 0.3 is 5.97 Å². The number of rotatable bonds is 3. The van der Waals surface area contributed by atoms with Gasteiger partial charge in [-0.25, -0.2) is 4.79 Å². The lowest BCUT2D eigenvalue weighted by atomic mass is 10.1. The van der Waals surface area contributed by atoms with Crippen LogP contribution >= 0.6 is 38.5 Å². The quantitative estimate of drug-likeness (QED) is 0.482. The van der Waals surface area contributed by atoms with Gasteiger partial charge in [0.25, 0.3) is 5.91 Å². The fraction of sp³-hybridized carbons (Fsp3) is 0. The van der Waals surface area contributed by atoms with Crippen LogP contribution in [0.3, 0.4) is 0 Å². The highest BCUT2D eigenvalue weighted by Crippen LogP contribution is 2.23. The van der Waals surface area contributed by atoms with Crippen LogP contribution in [0.25, 0.3) is 0 Å². The molecule has 0 bridgehead atoms. The zero-order chi connectivity index (χ0) is 15.6. The van der Waals surface area contributed by atoms with Crippen LogP contribution in [-0.2, 0) is 0 Å². The molecular formula is C14H10BrIN2O3. The number of carboxylic acid groups (broad SMARTS) is 1.